The van der Waals surface area contributed by atoms with Crippen molar-refractivity contribution in [1.82, 2.24) is 10.6 Å². The molecule has 1 aliphatic heterocycles. The van der Waals surface area contributed by atoms with Crippen LogP contribution in [0.15, 0.2) is 29.3 Å². The standard InChI is InChI=1S/C20H32N4O/c1-21-20(23-17-8-4-3-5-9-17)22-14-16-12-13-24(15-16)18-10-6-7-11-19(18)25-2/h6-7,10-11,16-17H,3-5,8-9,12-15H2,1-2H3,(H2,21,22,23). The van der Waals surface area contributed by atoms with Crippen LogP contribution in [0.25, 0.3) is 0 Å². The van der Waals surface area contributed by atoms with Gasteiger partial charge in [0, 0.05) is 32.7 Å². The molecular weight excluding hydrogens is 312 g/mol. The zero-order chi connectivity index (χ0) is 17.5. The van der Waals surface area contributed by atoms with Gasteiger partial charge in [-0.05, 0) is 37.3 Å². The number of methoxy groups -OCH3 is 1. The van der Waals surface area contributed by atoms with E-state index in [2.05, 4.69) is 32.7 Å². The van der Waals surface area contributed by atoms with Gasteiger partial charge in [-0.1, -0.05) is 31.4 Å². The summed E-state index contributed by atoms with van der Waals surface area (Å²) in [5.41, 5.74) is 1.21. The summed E-state index contributed by atoms with van der Waals surface area (Å²) in [5, 5.41) is 7.14. The molecule has 1 aromatic carbocycles. The SMILES string of the molecule is CN=C(NCC1CCN(c2ccccc2OC)C1)NC1CCCCC1. The summed E-state index contributed by atoms with van der Waals surface area (Å²) in [6, 6.07) is 8.89. The van der Waals surface area contributed by atoms with E-state index in [1.54, 1.807) is 7.11 Å². The molecule has 1 aliphatic carbocycles. The van der Waals surface area contributed by atoms with Crippen LogP contribution < -0.4 is 20.3 Å². The second-order valence-corrected chi connectivity index (χ2v) is 7.20. The van der Waals surface area contributed by atoms with Gasteiger partial charge in [0.05, 0.1) is 12.8 Å². The molecule has 0 aromatic heterocycles. The number of rotatable bonds is 5. The summed E-state index contributed by atoms with van der Waals surface area (Å²) in [6.07, 6.45) is 7.80. The number of guanidine groups is 1. The van der Waals surface area contributed by atoms with Crippen LogP contribution >= 0.6 is 0 Å². The van der Waals surface area contributed by atoms with Crippen molar-refractivity contribution in [3.63, 3.8) is 0 Å². The van der Waals surface area contributed by atoms with E-state index in [1.165, 1.54) is 44.2 Å². The van der Waals surface area contributed by atoms with Crippen molar-refractivity contribution in [3.8, 4) is 5.75 Å². The molecule has 0 amide bonds. The third kappa shape index (κ3) is 4.80. The summed E-state index contributed by atoms with van der Waals surface area (Å²) >= 11 is 0. The number of aliphatic imine (C=N–C) groups is 1. The fourth-order valence-corrected chi connectivity index (χ4v) is 3.99. The smallest absolute Gasteiger partial charge is 0.191 e. The number of benzene rings is 1. The lowest BCUT2D eigenvalue weighted by molar-refractivity contribution is 0.408. The van der Waals surface area contributed by atoms with Crippen molar-refractivity contribution >= 4 is 11.6 Å². The molecule has 3 rings (SSSR count). The highest BCUT2D eigenvalue weighted by atomic mass is 16.5. The fourth-order valence-electron chi connectivity index (χ4n) is 3.99. The molecule has 0 bridgehead atoms. The van der Waals surface area contributed by atoms with Crippen molar-refractivity contribution in [2.45, 2.75) is 44.6 Å². The molecule has 1 heterocycles. The number of nitrogens with one attached hydrogen (secondary N) is 2. The third-order valence-corrected chi connectivity index (χ3v) is 5.44. The van der Waals surface area contributed by atoms with Gasteiger partial charge in [0.25, 0.3) is 0 Å². The molecule has 0 radical (unpaired) electrons. The van der Waals surface area contributed by atoms with Gasteiger partial charge in [0.2, 0.25) is 0 Å². The third-order valence-electron chi connectivity index (χ3n) is 5.44. The maximum Gasteiger partial charge on any atom is 0.191 e. The molecule has 25 heavy (non-hydrogen) atoms. The van der Waals surface area contributed by atoms with Crippen LogP contribution in [-0.2, 0) is 0 Å². The highest BCUT2D eigenvalue weighted by Crippen LogP contribution is 2.31. The van der Waals surface area contributed by atoms with Crippen LogP contribution in [0.1, 0.15) is 38.5 Å². The van der Waals surface area contributed by atoms with Gasteiger partial charge in [-0.2, -0.15) is 0 Å². The normalized spacial score (nSPS) is 22.1. The lowest BCUT2D eigenvalue weighted by atomic mass is 9.96. The van der Waals surface area contributed by atoms with Crippen molar-refractivity contribution < 1.29 is 4.74 Å². The van der Waals surface area contributed by atoms with E-state index in [0.29, 0.717) is 12.0 Å². The Morgan fingerprint density at radius 1 is 1.20 bits per heavy atom. The molecule has 2 N–H and O–H groups in total. The molecule has 1 aromatic rings. The second-order valence-electron chi connectivity index (χ2n) is 7.20. The van der Waals surface area contributed by atoms with Crippen LogP contribution in [0.4, 0.5) is 5.69 Å². The predicted molar refractivity (Wildman–Crippen MR) is 105 cm³/mol. The van der Waals surface area contributed by atoms with Crippen LogP contribution in [0, 0.1) is 5.92 Å². The van der Waals surface area contributed by atoms with Gasteiger partial charge >= 0.3 is 0 Å². The highest BCUT2D eigenvalue weighted by Gasteiger charge is 2.25. The van der Waals surface area contributed by atoms with Crippen LogP contribution in [0.5, 0.6) is 5.75 Å². The first-order valence-electron chi connectivity index (χ1n) is 9.65. The maximum atomic E-state index is 5.51. The molecular formula is C20H32N4O. The van der Waals surface area contributed by atoms with E-state index in [4.69, 9.17) is 4.74 Å². The zero-order valence-corrected chi connectivity index (χ0v) is 15.6. The van der Waals surface area contributed by atoms with E-state index < -0.39 is 0 Å². The molecule has 1 unspecified atom stereocenters. The summed E-state index contributed by atoms with van der Waals surface area (Å²) < 4.78 is 5.51. The van der Waals surface area contributed by atoms with Gasteiger partial charge in [0.1, 0.15) is 5.75 Å². The van der Waals surface area contributed by atoms with E-state index in [9.17, 15) is 0 Å². The Kier molecular flexibility index (Phi) is 6.42. The Labute approximate surface area is 151 Å². The van der Waals surface area contributed by atoms with Crippen molar-refractivity contribution in [3.05, 3.63) is 24.3 Å². The van der Waals surface area contributed by atoms with E-state index in [1.807, 2.05) is 19.2 Å². The minimum absolute atomic E-state index is 0.591. The minimum atomic E-state index is 0.591. The Morgan fingerprint density at radius 2 is 2.00 bits per heavy atom. The monoisotopic (exact) mass is 344 g/mol. The van der Waals surface area contributed by atoms with Gasteiger partial charge in [0.15, 0.2) is 5.96 Å². The Balaban J connectivity index is 1.47. The molecule has 2 aliphatic rings. The molecule has 1 saturated heterocycles. The first kappa shape index (κ1) is 17.9. The van der Waals surface area contributed by atoms with Crippen molar-refractivity contribution in [2.24, 2.45) is 10.9 Å². The number of anilines is 1. The Bertz CT molecular complexity index is 569. The van der Waals surface area contributed by atoms with Gasteiger partial charge < -0.3 is 20.3 Å². The Morgan fingerprint density at radius 3 is 2.76 bits per heavy atom. The molecule has 1 saturated carbocycles. The summed E-state index contributed by atoms with van der Waals surface area (Å²) in [6.45, 7) is 3.12. The number of ether oxygens (including phenoxy) is 1. The topological polar surface area (TPSA) is 48.9 Å². The zero-order valence-electron chi connectivity index (χ0n) is 15.6. The van der Waals surface area contributed by atoms with Crippen molar-refractivity contribution in [2.75, 3.05) is 38.7 Å². The molecule has 5 heteroatoms. The highest BCUT2D eigenvalue weighted by molar-refractivity contribution is 5.80. The lowest BCUT2D eigenvalue weighted by Crippen LogP contribution is -2.45. The molecule has 138 valence electrons. The molecule has 1 atom stereocenters. The van der Waals surface area contributed by atoms with Gasteiger partial charge in [-0.25, -0.2) is 0 Å². The quantitative estimate of drug-likeness (QED) is 0.637. The van der Waals surface area contributed by atoms with Gasteiger partial charge in [-0.15, -0.1) is 0 Å². The molecule has 5 nitrogen and oxygen atoms in total. The van der Waals surface area contributed by atoms with E-state index >= 15 is 0 Å². The van der Waals surface area contributed by atoms with E-state index in [0.717, 1.165) is 31.3 Å². The van der Waals surface area contributed by atoms with E-state index in [-0.39, 0.29) is 0 Å². The summed E-state index contributed by atoms with van der Waals surface area (Å²) in [7, 11) is 3.61. The average molecular weight is 345 g/mol. The average Bonchev–Trinajstić information content (AvgIpc) is 3.14. The van der Waals surface area contributed by atoms with Crippen LogP contribution in [0.3, 0.4) is 0 Å². The molecule has 2 fully saturated rings. The first-order chi connectivity index (χ1) is 12.3. The number of nitrogens with zero attached hydrogens (tertiary/aromatic N) is 2. The lowest BCUT2D eigenvalue weighted by Gasteiger charge is -2.25. The van der Waals surface area contributed by atoms with Crippen LogP contribution in [0.2, 0.25) is 0 Å². The second kappa shape index (κ2) is 8.97. The summed E-state index contributed by atoms with van der Waals surface area (Å²) in [4.78, 5) is 6.84. The minimum Gasteiger partial charge on any atom is -0.495 e. The largest absolute Gasteiger partial charge is 0.495 e. The van der Waals surface area contributed by atoms with Crippen LogP contribution in [-0.4, -0.2) is 45.8 Å². The Hall–Kier alpha value is -1.91. The number of hydrogen-bond donors (Lipinski definition) is 2. The molecule has 0 spiro atoms. The van der Waals surface area contributed by atoms with Crippen molar-refractivity contribution in [1.29, 1.82) is 0 Å². The predicted octanol–water partition coefficient (Wildman–Crippen LogP) is 3.02. The maximum absolute atomic E-state index is 5.51. The fraction of sp³-hybridized carbons (Fsp3) is 0.650. The summed E-state index contributed by atoms with van der Waals surface area (Å²) in [5.74, 6) is 2.56. The number of para-hydroxylation sites is 2. The van der Waals surface area contributed by atoms with Gasteiger partial charge in [-0.3, -0.25) is 4.99 Å². The number of hydrogen-bond acceptors (Lipinski definition) is 3. The first-order valence-corrected chi connectivity index (χ1v) is 9.65.